The van der Waals surface area contributed by atoms with Gasteiger partial charge in [-0.2, -0.15) is 5.26 Å². The molecule has 3 aromatic rings. The van der Waals surface area contributed by atoms with E-state index in [9.17, 15) is 0 Å². The number of benzene rings is 2. The van der Waals surface area contributed by atoms with Crippen LogP contribution in [0, 0.1) is 11.3 Å². The highest BCUT2D eigenvalue weighted by Gasteiger charge is 2.05. The van der Waals surface area contributed by atoms with Gasteiger partial charge >= 0.3 is 0 Å². The molecule has 0 aliphatic carbocycles. The average Bonchev–Trinajstić information content (AvgIpc) is 2.67. The normalized spacial score (nSPS) is 10.4. The summed E-state index contributed by atoms with van der Waals surface area (Å²) in [5.74, 6) is 0.836. The third-order valence-electron chi connectivity index (χ3n) is 3.82. The molecule has 0 atom stereocenters. The number of para-hydroxylation sites is 1. The van der Waals surface area contributed by atoms with Gasteiger partial charge in [0.25, 0.3) is 0 Å². The Morgan fingerprint density at radius 1 is 1.12 bits per heavy atom. The van der Waals surface area contributed by atoms with E-state index in [4.69, 9.17) is 14.7 Å². The van der Waals surface area contributed by atoms with Gasteiger partial charge in [0.1, 0.15) is 17.5 Å². The Bertz CT molecular complexity index is 886. The van der Waals surface area contributed by atoms with Gasteiger partial charge in [-0.15, -0.1) is 0 Å². The molecule has 5 nitrogen and oxygen atoms in total. The molecule has 126 valence electrons. The number of nitrogens with zero attached hydrogens (tertiary/aromatic N) is 2. The smallest absolute Gasteiger partial charge is 0.143 e. The second-order valence-corrected chi connectivity index (χ2v) is 5.51. The molecule has 1 N–H and O–H groups in total. The molecule has 5 heteroatoms. The fourth-order valence-electron chi connectivity index (χ4n) is 2.55. The Kier molecular flexibility index (Phi) is 5.45. The number of anilines is 1. The van der Waals surface area contributed by atoms with Gasteiger partial charge in [0.2, 0.25) is 0 Å². The first kappa shape index (κ1) is 16.7. The largest absolute Gasteiger partial charge is 0.497 e. The van der Waals surface area contributed by atoms with Crippen LogP contribution >= 0.6 is 0 Å². The van der Waals surface area contributed by atoms with E-state index >= 15 is 0 Å². The van der Waals surface area contributed by atoms with Crippen molar-refractivity contribution in [3.63, 3.8) is 0 Å². The van der Waals surface area contributed by atoms with Crippen molar-refractivity contribution in [1.29, 1.82) is 5.26 Å². The zero-order valence-corrected chi connectivity index (χ0v) is 14.0. The zero-order chi connectivity index (χ0) is 17.5. The molecule has 3 rings (SSSR count). The van der Waals surface area contributed by atoms with Gasteiger partial charge in [0, 0.05) is 17.6 Å². The first-order valence-corrected chi connectivity index (χ1v) is 8.04. The lowest BCUT2D eigenvalue weighted by Crippen LogP contribution is -2.10. The fourth-order valence-corrected chi connectivity index (χ4v) is 2.55. The summed E-state index contributed by atoms with van der Waals surface area (Å²) in [5, 5.41) is 13.4. The minimum atomic E-state index is 0.403. The van der Waals surface area contributed by atoms with Crippen LogP contribution in [0.3, 0.4) is 0 Å². The van der Waals surface area contributed by atoms with Gasteiger partial charge in [-0.05, 0) is 29.8 Å². The molecule has 0 fully saturated rings. The molecule has 0 saturated carbocycles. The SMILES string of the molecule is COc1ccc(COCCNc2cc(C#N)nc3ccccc23)cc1. The molecule has 0 saturated heterocycles. The highest BCUT2D eigenvalue weighted by molar-refractivity contribution is 5.91. The van der Waals surface area contributed by atoms with Crippen molar-refractivity contribution >= 4 is 16.6 Å². The van der Waals surface area contributed by atoms with E-state index in [1.807, 2.05) is 48.5 Å². The van der Waals surface area contributed by atoms with E-state index in [0.29, 0.717) is 25.5 Å². The minimum Gasteiger partial charge on any atom is -0.497 e. The number of hydrogen-bond acceptors (Lipinski definition) is 5. The molecule has 0 spiro atoms. The number of methoxy groups -OCH3 is 1. The van der Waals surface area contributed by atoms with Crippen LogP contribution in [0.5, 0.6) is 5.75 Å². The molecule has 0 radical (unpaired) electrons. The van der Waals surface area contributed by atoms with E-state index < -0.39 is 0 Å². The molecule has 0 bridgehead atoms. The predicted molar refractivity (Wildman–Crippen MR) is 97.6 cm³/mol. The van der Waals surface area contributed by atoms with Crippen molar-refractivity contribution in [2.45, 2.75) is 6.61 Å². The van der Waals surface area contributed by atoms with Gasteiger partial charge in [-0.1, -0.05) is 30.3 Å². The van der Waals surface area contributed by atoms with Crippen LogP contribution in [0.4, 0.5) is 5.69 Å². The van der Waals surface area contributed by atoms with Crippen molar-refractivity contribution in [3.8, 4) is 11.8 Å². The van der Waals surface area contributed by atoms with Crippen molar-refractivity contribution in [2.24, 2.45) is 0 Å². The second-order valence-electron chi connectivity index (χ2n) is 5.51. The highest BCUT2D eigenvalue weighted by atomic mass is 16.5. The van der Waals surface area contributed by atoms with Crippen LogP contribution in [-0.2, 0) is 11.3 Å². The summed E-state index contributed by atoms with van der Waals surface area (Å²) in [7, 11) is 1.65. The Balaban J connectivity index is 1.55. The summed E-state index contributed by atoms with van der Waals surface area (Å²) >= 11 is 0. The van der Waals surface area contributed by atoms with Gasteiger partial charge in [-0.25, -0.2) is 4.98 Å². The molecule has 0 unspecified atom stereocenters. The Hall–Kier alpha value is -3.10. The predicted octanol–water partition coefficient (Wildman–Crippen LogP) is 3.74. The molecule has 1 aromatic heterocycles. The van der Waals surface area contributed by atoms with Crippen LogP contribution in [0.1, 0.15) is 11.3 Å². The maximum Gasteiger partial charge on any atom is 0.143 e. The van der Waals surface area contributed by atoms with Crippen molar-refractivity contribution in [1.82, 2.24) is 4.98 Å². The van der Waals surface area contributed by atoms with Gasteiger partial charge in [0.05, 0.1) is 25.8 Å². The van der Waals surface area contributed by atoms with Gasteiger partial charge < -0.3 is 14.8 Å². The first-order chi connectivity index (χ1) is 12.3. The third-order valence-corrected chi connectivity index (χ3v) is 3.82. The number of hydrogen-bond donors (Lipinski definition) is 1. The average molecular weight is 333 g/mol. The Labute approximate surface area is 146 Å². The van der Waals surface area contributed by atoms with Crippen LogP contribution in [0.2, 0.25) is 0 Å². The Morgan fingerprint density at radius 2 is 1.92 bits per heavy atom. The molecular formula is C20H19N3O2. The third kappa shape index (κ3) is 4.25. The highest BCUT2D eigenvalue weighted by Crippen LogP contribution is 2.22. The van der Waals surface area contributed by atoms with Crippen LogP contribution in [0.15, 0.2) is 54.6 Å². The summed E-state index contributed by atoms with van der Waals surface area (Å²) in [6.45, 7) is 1.76. The lowest BCUT2D eigenvalue weighted by molar-refractivity contribution is 0.130. The monoisotopic (exact) mass is 333 g/mol. The van der Waals surface area contributed by atoms with Crippen LogP contribution < -0.4 is 10.1 Å². The minimum absolute atomic E-state index is 0.403. The molecular weight excluding hydrogens is 314 g/mol. The summed E-state index contributed by atoms with van der Waals surface area (Å²) < 4.78 is 10.8. The molecule has 25 heavy (non-hydrogen) atoms. The van der Waals surface area contributed by atoms with Crippen LogP contribution in [0.25, 0.3) is 10.9 Å². The standard InChI is InChI=1S/C20H19N3O2/c1-24-17-8-6-15(7-9-17)14-25-11-10-22-20-12-16(13-21)23-19-5-3-2-4-18(19)20/h2-9,12H,10-11,14H2,1H3,(H,22,23). The molecule has 2 aromatic carbocycles. The second kappa shape index (κ2) is 8.13. The molecule has 1 heterocycles. The maximum absolute atomic E-state index is 9.12. The van der Waals surface area contributed by atoms with Gasteiger partial charge in [-0.3, -0.25) is 0 Å². The number of rotatable bonds is 7. The van der Waals surface area contributed by atoms with E-state index in [1.54, 1.807) is 13.2 Å². The van der Waals surface area contributed by atoms with Crippen molar-refractivity contribution in [2.75, 3.05) is 25.6 Å². The first-order valence-electron chi connectivity index (χ1n) is 8.04. The summed E-state index contributed by atoms with van der Waals surface area (Å²) in [4.78, 5) is 4.31. The maximum atomic E-state index is 9.12. The number of ether oxygens (including phenoxy) is 2. The van der Waals surface area contributed by atoms with Gasteiger partial charge in [0.15, 0.2) is 0 Å². The quantitative estimate of drug-likeness (QED) is 0.667. The Morgan fingerprint density at radius 3 is 2.68 bits per heavy atom. The molecule has 0 aliphatic rings. The number of aromatic nitrogens is 1. The van der Waals surface area contributed by atoms with Crippen molar-refractivity contribution < 1.29 is 9.47 Å². The number of nitrogens with one attached hydrogen (secondary N) is 1. The summed E-state index contributed by atoms with van der Waals surface area (Å²) in [6, 6.07) is 19.5. The lowest BCUT2D eigenvalue weighted by atomic mass is 10.1. The van der Waals surface area contributed by atoms with E-state index in [0.717, 1.165) is 27.9 Å². The molecule has 0 aliphatic heterocycles. The zero-order valence-electron chi connectivity index (χ0n) is 14.0. The van der Waals surface area contributed by atoms with Crippen molar-refractivity contribution in [3.05, 3.63) is 65.9 Å². The van der Waals surface area contributed by atoms with E-state index in [2.05, 4.69) is 16.4 Å². The summed E-state index contributed by atoms with van der Waals surface area (Å²) in [6.07, 6.45) is 0. The number of fused-ring (bicyclic) bond motifs is 1. The van der Waals surface area contributed by atoms with E-state index in [-0.39, 0.29) is 0 Å². The topological polar surface area (TPSA) is 67.2 Å². The fraction of sp³-hybridized carbons (Fsp3) is 0.200. The number of nitriles is 1. The number of pyridine rings is 1. The van der Waals surface area contributed by atoms with Crippen LogP contribution in [-0.4, -0.2) is 25.2 Å². The summed E-state index contributed by atoms with van der Waals surface area (Å²) in [5.41, 5.74) is 3.21. The lowest BCUT2D eigenvalue weighted by Gasteiger charge is -2.11. The molecule has 0 amide bonds. The van der Waals surface area contributed by atoms with E-state index in [1.165, 1.54) is 0 Å².